The Morgan fingerprint density at radius 2 is 1.96 bits per heavy atom. The lowest BCUT2D eigenvalue weighted by molar-refractivity contribution is 0.102. The second-order valence-corrected chi connectivity index (χ2v) is 6.79. The van der Waals surface area contributed by atoms with Crippen molar-refractivity contribution in [3.63, 3.8) is 0 Å². The molecule has 0 saturated carbocycles. The lowest BCUT2D eigenvalue weighted by atomic mass is 10.1. The number of amides is 1. The normalized spacial score (nSPS) is 10.5. The molecule has 25 heavy (non-hydrogen) atoms. The van der Waals surface area contributed by atoms with E-state index in [2.05, 4.69) is 25.8 Å². The molecule has 128 valence electrons. The first-order valence-corrected chi connectivity index (χ1v) is 8.96. The Morgan fingerprint density at radius 3 is 2.60 bits per heavy atom. The van der Waals surface area contributed by atoms with E-state index < -0.39 is 0 Å². The van der Waals surface area contributed by atoms with E-state index in [-0.39, 0.29) is 5.91 Å². The first-order valence-electron chi connectivity index (χ1n) is 7.32. The van der Waals surface area contributed by atoms with Crippen LogP contribution >= 0.6 is 34.5 Å². The maximum atomic E-state index is 12.0. The van der Waals surface area contributed by atoms with Crippen LogP contribution in [0, 0.1) is 0 Å². The van der Waals surface area contributed by atoms with Crippen LogP contribution in [-0.4, -0.2) is 27.6 Å². The van der Waals surface area contributed by atoms with E-state index in [1.807, 2.05) is 12.1 Å². The Bertz CT molecular complexity index is 835. The average molecular weight is 394 g/mol. The minimum Gasteiger partial charge on any atom is -0.370 e. The van der Waals surface area contributed by atoms with Gasteiger partial charge in [0.15, 0.2) is 0 Å². The zero-order valence-electron chi connectivity index (χ0n) is 12.9. The minimum absolute atomic E-state index is 0.274. The van der Waals surface area contributed by atoms with Crippen LogP contribution in [0.2, 0.25) is 10.0 Å². The summed E-state index contributed by atoms with van der Waals surface area (Å²) >= 11 is 13.2. The predicted molar refractivity (Wildman–Crippen MR) is 101 cm³/mol. The standard InChI is InChI=1S/C16H13Cl2N5OS/c17-12-5-10(6-13(18)7-12)3-4-19-14-2-1-11(8-20-14)15(24)22-16-23-21-9-25-16/h1-2,5-9H,3-4H2,(H,19,20)(H,22,23,24). The van der Waals surface area contributed by atoms with Gasteiger partial charge in [-0.25, -0.2) is 4.98 Å². The van der Waals surface area contributed by atoms with Crippen LogP contribution < -0.4 is 10.6 Å². The van der Waals surface area contributed by atoms with Gasteiger partial charge in [-0.1, -0.05) is 34.5 Å². The van der Waals surface area contributed by atoms with E-state index in [1.165, 1.54) is 17.5 Å². The van der Waals surface area contributed by atoms with Crippen molar-refractivity contribution in [1.29, 1.82) is 0 Å². The summed E-state index contributed by atoms with van der Waals surface area (Å²) in [6.45, 7) is 0.667. The molecule has 3 aromatic rings. The van der Waals surface area contributed by atoms with Crippen molar-refractivity contribution in [2.75, 3.05) is 17.2 Å². The fourth-order valence-corrected chi connectivity index (χ4v) is 3.13. The molecule has 0 aliphatic rings. The van der Waals surface area contributed by atoms with Crippen molar-refractivity contribution in [1.82, 2.24) is 15.2 Å². The minimum atomic E-state index is -0.274. The number of nitrogens with one attached hydrogen (secondary N) is 2. The lowest BCUT2D eigenvalue weighted by Crippen LogP contribution is -2.13. The molecule has 0 fully saturated rings. The van der Waals surface area contributed by atoms with Crippen LogP contribution in [0.5, 0.6) is 0 Å². The largest absolute Gasteiger partial charge is 0.370 e. The van der Waals surface area contributed by atoms with Gasteiger partial charge in [0.25, 0.3) is 5.91 Å². The van der Waals surface area contributed by atoms with Gasteiger partial charge in [0.05, 0.1) is 5.56 Å². The van der Waals surface area contributed by atoms with E-state index in [0.29, 0.717) is 33.1 Å². The first kappa shape index (κ1) is 17.6. The molecule has 0 spiro atoms. The van der Waals surface area contributed by atoms with E-state index in [0.717, 1.165) is 12.0 Å². The van der Waals surface area contributed by atoms with Gasteiger partial charge in [0.2, 0.25) is 5.13 Å². The van der Waals surface area contributed by atoms with Crippen molar-refractivity contribution in [2.45, 2.75) is 6.42 Å². The van der Waals surface area contributed by atoms with Gasteiger partial charge in [0, 0.05) is 22.8 Å². The van der Waals surface area contributed by atoms with Gasteiger partial charge < -0.3 is 5.32 Å². The summed E-state index contributed by atoms with van der Waals surface area (Å²) in [5.74, 6) is 0.407. The molecule has 0 unspecified atom stereocenters. The van der Waals surface area contributed by atoms with Crippen LogP contribution in [0.25, 0.3) is 0 Å². The molecule has 2 N–H and O–H groups in total. The van der Waals surface area contributed by atoms with Crippen molar-refractivity contribution in [3.05, 3.63) is 63.2 Å². The van der Waals surface area contributed by atoms with E-state index >= 15 is 0 Å². The summed E-state index contributed by atoms with van der Waals surface area (Å²) in [5, 5.41) is 15.0. The highest BCUT2D eigenvalue weighted by molar-refractivity contribution is 7.13. The molecule has 2 aromatic heterocycles. The summed E-state index contributed by atoms with van der Waals surface area (Å²) in [7, 11) is 0. The number of aromatic nitrogens is 3. The number of nitrogens with zero attached hydrogens (tertiary/aromatic N) is 3. The number of pyridine rings is 1. The van der Waals surface area contributed by atoms with Gasteiger partial charge in [-0.05, 0) is 42.3 Å². The first-order chi connectivity index (χ1) is 12.1. The molecular weight excluding hydrogens is 381 g/mol. The van der Waals surface area contributed by atoms with Crippen LogP contribution in [0.15, 0.2) is 42.0 Å². The average Bonchev–Trinajstić information content (AvgIpc) is 3.07. The monoisotopic (exact) mass is 393 g/mol. The quantitative estimate of drug-likeness (QED) is 0.657. The topological polar surface area (TPSA) is 79.8 Å². The fourth-order valence-electron chi connectivity index (χ4n) is 2.12. The molecule has 2 heterocycles. The van der Waals surface area contributed by atoms with E-state index in [4.69, 9.17) is 23.2 Å². The fraction of sp³-hybridized carbons (Fsp3) is 0.125. The van der Waals surface area contributed by atoms with Gasteiger partial charge in [-0.2, -0.15) is 0 Å². The molecule has 0 saturated heterocycles. The SMILES string of the molecule is O=C(Nc1nncs1)c1ccc(NCCc2cc(Cl)cc(Cl)c2)nc1. The van der Waals surface area contributed by atoms with Crippen molar-refractivity contribution >= 4 is 51.4 Å². The molecule has 0 atom stereocenters. The lowest BCUT2D eigenvalue weighted by Gasteiger charge is -2.07. The second-order valence-electron chi connectivity index (χ2n) is 5.08. The van der Waals surface area contributed by atoms with Gasteiger partial charge in [0.1, 0.15) is 11.3 Å². The summed E-state index contributed by atoms with van der Waals surface area (Å²) in [6, 6.07) is 8.90. The Balaban J connectivity index is 1.53. The number of anilines is 2. The third kappa shape index (κ3) is 5.12. The molecule has 1 aromatic carbocycles. The Morgan fingerprint density at radius 1 is 1.16 bits per heavy atom. The Hall–Kier alpha value is -2.22. The zero-order chi connectivity index (χ0) is 17.6. The van der Waals surface area contributed by atoms with Crippen LogP contribution in [0.1, 0.15) is 15.9 Å². The molecular formula is C16H13Cl2N5OS. The Labute approximate surface area is 158 Å². The van der Waals surface area contributed by atoms with Gasteiger partial charge >= 0.3 is 0 Å². The van der Waals surface area contributed by atoms with Crippen LogP contribution in [0.3, 0.4) is 0 Å². The number of halogens is 2. The molecule has 0 bridgehead atoms. The van der Waals surface area contributed by atoms with Crippen molar-refractivity contribution in [2.24, 2.45) is 0 Å². The molecule has 0 aliphatic heterocycles. The van der Waals surface area contributed by atoms with Crippen molar-refractivity contribution < 1.29 is 4.79 Å². The highest BCUT2D eigenvalue weighted by atomic mass is 35.5. The number of carbonyl (C=O) groups is 1. The molecule has 1 amide bonds. The van der Waals surface area contributed by atoms with Crippen molar-refractivity contribution in [3.8, 4) is 0 Å². The zero-order valence-corrected chi connectivity index (χ0v) is 15.2. The number of benzene rings is 1. The summed E-state index contributed by atoms with van der Waals surface area (Å²) in [6.07, 6.45) is 2.26. The van der Waals surface area contributed by atoms with Crippen LogP contribution in [-0.2, 0) is 6.42 Å². The Kier molecular flexibility index (Phi) is 5.80. The number of hydrogen-bond donors (Lipinski definition) is 2. The summed E-state index contributed by atoms with van der Waals surface area (Å²) in [5.41, 5.74) is 3.04. The molecule has 3 rings (SSSR count). The maximum Gasteiger partial charge on any atom is 0.259 e. The van der Waals surface area contributed by atoms with Crippen LogP contribution in [0.4, 0.5) is 10.9 Å². The third-order valence-electron chi connectivity index (χ3n) is 3.25. The second kappa shape index (κ2) is 8.24. The van der Waals surface area contributed by atoms with E-state index in [9.17, 15) is 4.79 Å². The highest BCUT2D eigenvalue weighted by Gasteiger charge is 2.08. The number of carbonyl (C=O) groups excluding carboxylic acids is 1. The van der Waals surface area contributed by atoms with Gasteiger partial charge in [-0.15, -0.1) is 10.2 Å². The maximum absolute atomic E-state index is 12.0. The predicted octanol–water partition coefficient (Wildman–Crippen LogP) is 4.15. The molecule has 0 aliphatic carbocycles. The molecule has 0 radical (unpaired) electrons. The number of hydrogen-bond acceptors (Lipinski definition) is 6. The third-order valence-corrected chi connectivity index (χ3v) is 4.29. The summed E-state index contributed by atoms with van der Waals surface area (Å²) in [4.78, 5) is 16.3. The smallest absolute Gasteiger partial charge is 0.259 e. The summed E-state index contributed by atoms with van der Waals surface area (Å²) < 4.78 is 0. The highest BCUT2D eigenvalue weighted by Crippen LogP contribution is 2.19. The number of rotatable bonds is 6. The van der Waals surface area contributed by atoms with E-state index in [1.54, 1.807) is 23.7 Å². The van der Waals surface area contributed by atoms with Gasteiger partial charge in [-0.3, -0.25) is 10.1 Å². The molecule has 6 nitrogen and oxygen atoms in total. The molecule has 9 heteroatoms.